The van der Waals surface area contributed by atoms with E-state index < -0.39 is 30.3 Å². The van der Waals surface area contributed by atoms with Crippen LogP contribution in [0.25, 0.3) is 0 Å². The quantitative estimate of drug-likeness (QED) is 0.541. The second-order valence-corrected chi connectivity index (χ2v) is 8.13. The van der Waals surface area contributed by atoms with E-state index in [0.717, 1.165) is 6.42 Å². The van der Waals surface area contributed by atoms with Gasteiger partial charge in [0, 0.05) is 11.6 Å². The van der Waals surface area contributed by atoms with Gasteiger partial charge in [0.15, 0.2) is 6.61 Å². The first kappa shape index (κ1) is 18.3. The summed E-state index contributed by atoms with van der Waals surface area (Å²) in [5, 5.41) is 2.67. The molecule has 2 bridgehead atoms. The van der Waals surface area contributed by atoms with E-state index in [4.69, 9.17) is 14.2 Å². The van der Waals surface area contributed by atoms with E-state index in [1.54, 1.807) is 24.3 Å². The molecule has 7 nitrogen and oxygen atoms in total. The summed E-state index contributed by atoms with van der Waals surface area (Å²) in [6, 6.07) is 6.92. The lowest BCUT2D eigenvalue weighted by Crippen LogP contribution is -2.39. The lowest BCUT2D eigenvalue weighted by molar-refractivity contribution is -0.157. The molecule has 3 aliphatic rings. The number of carbonyl (C=O) groups is 3. The van der Waals surface area contributed by atoms with Gasteiger partial charge in [-0.3, -0.25) is 14.4 Å². The predicted molar refractivity (Wildman–Crippen MR) is 98.4 cm³/mol. The summed E-state index contributed by atoms with van der Waals surface area (Å²) in [6.45, 7) is 2.07. The molecule has 2 aliphatic carbocycles. The van der Waals surface area contributed by atoms with Gasteiger partial charge < -0.3 is 19.5 Å². The third kappa shape index (κ3) is 3.20. The van der Waals surface area contributed by atoms with Crippen molar-refractivity contribution in [2.24, 2.45) is 23.7 Å². The maximum Gasteiger partial charge on any atom is 0.310 e. The Hall–Kier alpha value is -2.09. The van der Waals surface area contributed by atoms with Gasteiger partial charge in [-0.05, 0) is 43.5 Å². The molecule has 0 radical (unpaired) electrons. The van der Waals surface area contributed by atoms with Crippen molar-refractivity contribution in [1.82, 2.24) is 0 Å². The van der Waals surface area contributed by atoms with Crippen LogP contribution in [0, 0.1) is 23.7 Å². The van der Waals surface area contributed by atoms with E-state index in [2.05, 4.69) is 21.2 Å². The number of rotatable bonds is 6. The van der Waals surface area contributed by atoms with Crippen LogP contribution < -0.4 is 10.1 Å². The third-order valence-electron chi connectivity index (χ3n) is 5.59. The summed E-state index contributed by atoms with van der Waals surface area (Å²) in [5.74, 6) is -1.44. The molecule has 1 N–H and O–H groups in total. The number of esters is 2. The molecule has 27 heavy (non-hydrogen) atoms. The van der Waals surface area contributed by atoms with Gasteiger partial charge in [-0.15, -0.1) is 0 Å². The van der Waals surface area contributed by atoms with E-state index in [9.17, 15) is 14.4 Å². The zero-order chi connectivity index (χ0) is 19.1. The average Bonchev–Trinajstić information content (AvgIpc) is 3.26. The number of alkyl halides is 1. The zero-order valence-corrected chi connectivity index (χ0v) is 16.3. The molecule has 1 amide bonds. The number of benzene rings is 1. The molecule has 3 fully saturated rings. The highest BCUT2D eigenvalue weighted by Gasteiger charge is 2.68. The number of halogens is 1. The molecule has 0 unspecified atom stereocenters. The molecule has 1 aromatic rings. The summed E-state index contributed by atoms with van der Waals surface area (Å²) in [6.07, 6.45) is 0.634. The van der Waals surface area contributed by atoms with Crippen molar-refractivity contribution in [1.29, 1.82) is 0 Å². The van der Waals surface area contributed by atoms with Crippen LogP contribution in [0.2, 0.25) is 0 Å². The number of anilines is 1. The summed E-state index contributed by atoms with van der Waals surface area (Å²) in [5.41, 5.74) is 0.585. The zero-order valence-electron chi connectivity index (χ0n) is 14.7. The van der Waals surface area contributed by atoms with Crippen molar-refractivity contribution in [2.75, 3.05) is 18.5 Å². The van der Waals surface area contributed by atoms with Crippen LogP contribution in [0.4, 0.5) is 5.69 Å². The minimum absolute atomic E-state index is 0.0121. The fourth-order valence-electron chi connectivity index (χ4n) is 4.53. The van der Waals surface area contributed by atoms with E-state index in [0.29, 0.717) is 18.0 Å². The molecular formula is C19H20BrNO6. The average molecular weight is 438 g/mol. The van der Waals surface area contributed by atoms with Crippen LogP contribution >= 0.6 is 15.9 Å². The number of hydrogen-bond acceptors (Lipinski definition) is 6. The van der Waals surface area contributed by atoms with E-state index in [1.807, 2.05) is 6.92 Å². The van der Waals surface area contributed by atoms with Crippen molar-refractivity contribution < 1.29 is 28.6 Å². The second kappa shape index (κ2) is 7.14. The Kier molecular flexibility index (Phi) is 4.84. The lowest BCUT2D eigenvalue weighted by atomic mass is 9.80. The summed E-state index contributed by atoms with van der Waals surface area (Å²) >= 11 is 3.55. The molecule has 4 rings (SSSR count). The molecule has 0 aromatic heterocycles. The maximum absolute atomic E-state index is 12.5. The first-order chi connectivity index (χ1) is 13.0. The van der Waals surface area contributed by atoms with E-state index in [-0.39, 0.29) is 28.7 Å². The number of carbonyl (C=O) groups excluding carboxylic acids is 3. The monoisotopic (exact) mass is 437 g/mol. The maximum atomic E-state index is 12.5. The van der Waals surface area contributed by atoms with Crippen molar-refractivity contribution in [3.05, 3.63) is 24.3 Å². The molecular weight excluding hydrogens is 418 g/mol. The van der Waals surface area contributed by atoms with Crippen LogP contribution in [0.5, 0.6) is 5.75 Å². The van der Waals surface area contributed by atoms with Gasteiger partial charge in [-0.1, -0.05) is 15.9 Å². The normalized spacial score (nSPS) is 32.9. The minimum atomic E-state index is -0.538. The first-order valence-corrected chi connectivity index (χ1v) is 9.95. The highest BCUT2D eigenvalue weighted by molar-refractivity contribution is 9.09. The molecule has 1 aliphatic heterocycles. The molecule has 6 atom stereocenters. The van der Waals surface area contributed by atoms with Crippen LogP contribution in [-0.4, -0.2) is 42.0 Å². The smallest absolute Gasteiger partial charge is 0.310 e. The van der Waals surface area contributed by atoms with Gasteiger partial charge in [-0.25, -0.2) is 0 Å². The number of fused-ring (bicyclic) bond motifs is 1. The van der Waals surface area contributed by atoms with Gasteiger partial charge in [0.05, 0.1) is 23.3 Å². The van der Waals surface area contributed by atoms with Gasteiger partial charge in [0.2, 0.25) is 0 Å². The topological polar surface area (TPSA) is 90.9 Å². The van der Waals surface area contributed by atoms with E-state index in [1.165, 1.54) is 0 Å². The first-order valence-electron chi connectivity index (χ1n) is 9.03. The standard InChI is InChI=1S/C19H20BrNO6/c1-2-25-10-5-3-9(4-6-10)21-13(22)8-26-18(23)14-11-7-12-15(14)19(24)27-17(12)16(11)20/h3-6,11-12,14-17H,2,7-8H2,1H3,(H,21,22)/t11-,12-,14-,15+,16-,17+/m1/s1. The molecule has 2 saturated carbocycles. The van der Waals surface area contributed by atoms with Crippen LogP contribution in [0.1, 0.15) is 13.3 Å². The predicted octanol–water partition coefficient (Wildman–Crippen LogP) is 2.14. The van der Waals surface area contributed by atoms with Crippen molar-refractivity contribution >= 4 is 39.5 Å². The number of amides is 1. The third-order valence-corrected chi connectivity index (χ3v) is 6.79. The SMILES string of the molecule is CCOc1ccc(NC(=O)COC(=O)[C@@H]2[C@H]3C[C@H]4[C@H](OC(=O)[C@@H]42)[C@@H]3Br)cc1. The largest absolute Gasteiger partial charge is 0.494 e. The Morgan fingerprint density at radius 2 is 2.00 bits per heavy atom. The fourth-order valence-corrected chi connectivity index (χ4v) is 5.57. The number of hydrogen-bond donors (Lipinski definition) is 1. The van der Waals surface area contributed by atoms with Crippen LogP contribution in [-0.2, 0) is 23.9 Å². The summed E-state index contributed by atoms with van der Waals surface area (Å²) in [4.78, 5) is 36.6. The van der Waals surface area contributed by atoms with Crippen molar-refractivity contribution in [3.8, 4) is 5.75 Å². The second-order valence-electron chi connectivity index (χ2n) is 7.07. The summed E-state index contributed by atoms with van der Waals surface area (Å²) in [7, 11) is 0. The van der Waals surface area contributed by atoms with Gasteiger partial charge >= 0.3 is 11.9 Å². The Labute approximate surface area is 164 Å². The number of nitrogens with one attached hydrogen (secondary N) is 1. The molecule has 144 valence electrons. The van der Waals surface area contributed by atoms with Gasteiger partial charge in [-0.2, -0.15) is 0 Å². The Morgan fingerprint density at radius 3 is 2.70 bits per heavy atom. The Bertz CT molecular complexity index is 766. The highest BCUT2D eigenvalue weighted by atomic mass is 79.9. The van der Waals surface area contributed by atoms with Crippen molar-refractivity contribution in [3.63, 3.8) is 0 Å². The minimum Gasteiger partial charge on any atom is -0.494 e. The number of ether oxygens (including phenoxy) is 3. The lowest BCUT2D eigenvalue weighted by Gasteiger charge is -2.26. The van der Waals surface area contributed by atoms with Gasteiger partial charge in [0.1, 0.15) is 11.9 Å². The highest BCUT2D eigenvalue weighted by Crippen LogP contribution is 2.60. The van der Waals surface area contributed by atoms with Crippen LogP contribution in [0.3, 0.4) is 0 Å². The van der Waals surface area contributed by atoms with Crippen LogP contribution in [0.15, 0.2) is 24.3 Å². The van der Waals surface area contributed by atoms with Crippen molar-refractivity contribution in [2.45, 2.75) is 24.3 Å². The fraction of sp³-hybridized carbons (Fsp3) is 0.526. The Balaban J connectivity index is 1.31. The molecule has 1 aromatic carbocycles. The van der Waals surface area contributed by atoms with Gasteiger partial charge in [0.25, 0.3) is 5.91 Å². The summed E-state index contributed by atoms with van der Waals surface area (Å²) < 4.78 is 15.9. The molecule has 1 saturated heterocycles. The van der Waals surface area contributed by atoms with E-state index >= 15 is 0 Å². The Morgan fingerprint density at radius 1 is 1.26 bits per heavy atom. The molecule has 8 heteroatoms. The molecule has 1 heterocycles. The molecule has 0 spiro atoms.